The van der Waals surface area contributed by atoms with Gasteiger partial charge in [0.15, 0.2) is 6.61 Å². The maximum Gasteiger partial charge on any atom is 0.341 e. The quantitative estimate of drug-likeness (QED) is 0.376. The van der Waals surface area contributed by atoms with Crippen LogP contribution in [0, 0.1) is 6.92 Å². The number of thiophene rings is 1. The standard InChI is InChI=1S/C25H26BrNO4S/c1-15-21(16-9-7-6-8-10-16)22(24(29)30-5)23(32-15)27-20(28)14-31-19-12-11-17(26)13-18(19)25(2,3)4/h6-13H,14H2,1-5H3,(H,27,28). The van der Waals surface area contributed by atoms with Gasteiger partial charge in [0.1, 0.15) is 16.3 Å². The number of carbonyl (C=O) groups excluding carboxylic acids is 2. The van der Waals surface area contributed by atoms with Gasteiger partial charge in [0.05, 0.1) is 7.11 Å². The van der Waals surface area contributed by atoms with Crippen molar-refractivity contribution >= 4 is 44.1 Å². The highest BCUT2D eigenvalue weighted by molar-refractivity contribution is 9.10. The summed E-state index contributed by atoms with van der Waals surface area (Å²) in [5, 5.41) is 3.29. The number of nitrogens with one attached hydrogen (secondary N) is 1. The molecule has 1 heterocycles. The Morgan fingerprint density at radius 1 is 1.09 bits per heavy atom. The van der Waals surface area contributed by atoms with Crippen LogP contribution in [0.4, 0.5) is 5.00 Å². The van der Waals surface area contributed by atoms with Gasteiger partial charge in [-0.2, -0.15) is 0 Å². The lowest BCUT2D eigenvalue weighted by Crippen LogP contribution is -2.22. The fourth-order valence-corrected chi connectivity index (χ4v) is 4.84. The zero-order valence-electron chi connectivity index (χ0n) is 18.7. The van der Waals surface area contributed by atoms with Crippen molar-refractivity contribution in [1.82, 2.24) is 0 Å². The van der Waals surface area contributed by atoms with E-state index in [2.05, 4.69) is 42.0 Å². The molecule has 0 spiro atoms. The Labute approximate surface area is 200 Å². The highest BCUT2D eigenvalue weighted by Gasteiger charge is 2.25. The molecule has 7 heteroatoms. The zero-order valence-corrected chi connectivity index (χ0v) is 21.1. The summed E-state index contributed by atoms with van der Waals surface area (Å²) >= 11 is 4.84. The largest absolute Gasteiger partial charge is 0.483 e. The highest BCUT2D eigenvalue weighted by Crippen LogP contribution is 2.40. The molecule has 3 rings (SSSR count). The van der Waals surface area contributed by atoms with Crippen molar-refractivity contribution in [2.24, 2.45) is 0 Å². The van der Waals surface area contributed by atoms with Crippen LogP contribution in [0.2, 0.25) is 0 Å². The second kappa shape index (κ2) is 9.88. The summed E-state index contributed by atoms with van der Waals surface area (Å²) < 4.78 is 11.8. The normalized spacial score (nSPS) is 11.2. The number of methoxy groups -OCH3 is 1. The number of hydrogen-bond acceptors (Lipinski definition) is 5. The van der Waals surface area contributed by atoms with Gasteiger partial charge < -0.3 is 14.8 Å². The number of amides is 1. The van der Waals surface area contributed by atoms with E-state index < -0.39 is 5.97 Å². The van der Waals surface area contributed by atoms with E-state index in [1.807, 2.05) is 55.5 Å². The molecular weight excluding hydrogens is 490 g/mol. The highest BCUT2D eigenvalue weighted by atomic mass is 79.9. The first-order valence-corrected chi connectivity index (χ1v) is 11.7. The van der Waals surface area contributed by atoms with Crippen LogP contribution < -0.4 is 10.1 Å². The summed E-state index contributed by atoms with van der Waals surface area (Å²) in [6.07, 6.45) is 0. The summed E-state index contributed by atoms with van der Waals surface area (Å²) in [6, 6.07) is 15.3. The number of benzene rings is 2. The molecule has 5 nitrogen and oxygen atoms in total. The SMILES string of the molecule is COC(=O)c1c(NC(=O)COc2ccc(Br)cc2C(C)(C)C)sc(C)c1-c1ccccc1. The Hall–Kier alpha value is -2.64. The monoisotopic (exact) mass is 515 g/mol. The Balaban J connectivity index is 1.84. The third-order valence-electron chi connectivity index (χ3n) is 4.90. The molecule has 3 aromatic rings. The second-order valence-corrected chi connectivity index (χ2v) is 10.5. The van der Waals surface area contributed by atoms with Crippen LogP contribution in [0.5, 0.6) is 5.75 Å². The third-order valence-corrected chi connectivity index (χ3v) is 6.41. The molecular formula is C25H26BrNO4S. The lowest BCUT2D eigenvalue weighted by Gasteiger charge is -2.23. The minimum Gasteiger partial charge on any atom is -0.483 e. The van der Waals surface area contributed by atoms with Crippen molar-refractivity contribution in [1.29, 1.82) is 0 Å². The second-order valence-electron chi connectivity index (χ2n) is 8.32. The van der Waals surface area contributed by atoms with Gasteiger partial charge in [-0.25, -0.2) is 4.79 Å². The van der Waals surface area contributed by atoms with Crippen LogP contribution in [0.25, 0.3) is 11.1 Å². The van der Waals surface area contributed by atoms with Gasteiger partial charge in [0, 0.05) is 20.5 Å². The van der Waals surface area contributed by atoms with Gasteiger partial charge >= 0.3 is 5.97 Å². The number of aryl methyl sites for hydroxylation is 1. The maximum atomic E-state index is 12.7. The van der Waals surface area contributed by atoms with Gasteiger partial charge in [-0.3, -0.25) is 4.79 Å². The van der Waals surface area contributed by atoms with Gasteiger partial charge in [0.25, 0.3) is 5.91 Å². The molecule has 1 aromatic heterocycles. The number of esters is 1. The van der Waals surface area contributed by atoms with Crippen LogP contribution >= 0.6 is 27.3 Å². The van der Waals surface area contributed by atoms with Crippen molar-refractivity contribution in [3.63, 3.8) is 0 Å². The summed E-state index contributed by atoms with van der Waals surface area (Å²) in [5.41, 5.74) is 2.86. The van der Waals surface area contributed by atoms with Crippen molar-refractivity contribution in [3.8, 4) is 16.9 Å². The Kier molecular flexibility index (Phi) is 7.41. The Morgan fingerprint density at radius 3 is 2.41 bits per heavy atom. The van der Waals surface area contributed by atoms with Crippen LogP contribution in [-0.4, -0.2) is 25.6 Å². The number of carbonyl (C=O) groups is 2. The Bertz CT molecular complexity index is 1130. The third kappa shape index (κ3) is 5.40. The van der Waals surface area contributed by atoms with E-state index in [9.17, 15) is 9.59 Å². The maximum absolute atomic E-state index is 12.7. The first kappa shape index (κ1) is 24.0. The summed E-state index contributed by atoms with van der Waals surface area (Å²) in [7, 11) is 1.33. The molecule has 0 aliphatic heterocycles. The first-order valence-electron chi connectivity index (χ1n) is 10.1. The van der Waals surface area contributed by atoms with Gasteiger partial charge in [-0.15, -0.1) is 11.3 Å². The number of anilines is 1. The zero-order chi connectivity index (χ0) is 23.5. The first-order chi connectivity index (χ1) is 15.1. The average molecular weight is 516 g/mol. The molecule has 0 fully saturated rings. The van der Waals surface area contributed by atoms with Gasteiger partial charge in [0.2, 0.25) is 0 Å². The topological polar surface area (TPSA) is 64.6 Å². The van der Waals surface area contributed by atoms with Gasteiger partial charge in [-0.05, 0) is 36.1 Å². The summed E-state index contributed by atoms with van der Waals surface area (Å²) in [5.74, 6) is -0.192. The van der Waals surface area contributed by atoms with Gasteiger partial charge in [-0.1, -0.05) is 67.0 Å². The molecule has 0 aliphatic carbocycles. The molecule has 0 bridgehead atoms. The average Bonchev–Trinajstić information content (AvgIpc) is 3.07. The minimum absolute atomic E-state index is 0.150. The van der Waals surface area contributed by atoms with Crippen molar-refractivity contribution in [2.45, 2.75) is 33.1 Å². The van der Waals surface area contributed by atoms with Crippen molar-refractivity contribution in [3.05, 3.63) is 69.0 Å². The smallest absolute Gasteiger partial charge is 0.341 e. The van der Waals surface area contributed by atoms with E-state index in [0.29, 0.717) is 16.3 Å². The molecule has 1 amide bonds. The number of rotatable bonds is 6. The van der Waals surface area contributed by atoms with Crippen LogP contribution in [0.3, 0.4) is 0 Å². The lowest BCUT2D eigenvalue weighted by molar-refractivity contribution is -0.118. The number of ether oxygens (including phenoxy) is 2. The number of halogens is 1. The molecule has 0 saturated carbocycles. The van der Waals surface area contributed by atoms with Crippen LogP contribution in [-0.2, 0) is 14.9 Å². The molecule has 32 heavy (non-hydrogen) atoms. The number of hydrogen-bond donors (Lipinski definition) is 1. The summed E-state index contributed by atoms with van der Waals surface area (Å²) in [6.45, 7) is 8.00. The molecule has 2 aromatic carbocycles. The van der Waals surface area contributed by atoms with E-state index in [1.165, 1.54) is 18.4 Å². The van der Waals surface area contributed by atoms with Crippen LogP contribution in [0.15, 0.2) is 53.0 Å². The van der Waals surface area contributed by atoms with E-state index in [1.54, 1.807) is 0 Å². The van der Waals surface area contributed by atoms with Crippen molar-refractivity contribution < 1.29 is 19.1 Å². The predicted octanol–water partition coefficient (Wildman–Crippen LogP) is 6.59. The molecule has 0 saturated heterocycles. The molecule has 1 N–H and O–H groups in total. The van der Waals surface area contributed by atoms with E-state index in [0.717, 1.165) is 26.0 Å². The molecule has 0 aliphatic rings. The fourth-order valence-electron chi connectivity index (χ4n) is 3.40. The van der Waals surface area contributed by atoms with E-state index in [-0.39, 0.29) is 17.9 Å². The molecule has 0 radical (unpaired) electrons. The minimum atomic E-state index is -0.493. The molecule has 0 atom stereocenters. The lowest BCUT2D eigenvalue weighted by atomic mass is 9.86. The summed E-state index contributed by atoms with van der Waals surface area (Å²) in [4.78, 5) is 26.2. The fraction of sp³-hybridized carbons (Fsp3) is 0.280. The predicted molar refractivity (Wildman–Crippen MR) is 133 cm³/mol. The molecule has 168 valence electrons. The van der Waals surface area contributed by atoms with E-state index >= 15 is 0 Å². The Morgan fingerprint density at radius 2 is 1.78 bits per heavy atom. The molecule has 0 unspecified atom stereocenters. The van der Waals surface area contributed by atoms with Crippen molar-refractivity contribution in [2.75, 3.05) is 19.0 Å². The van der Waals surface area contributed by atoms with Crippen LogP contribution in [0.1, 0.15) is 41.6 Å². The van der Waals surface area contributed by atoms with E-state index in [4.69, 9.17) is 9.47 Å².